The fraction of sp³-hybridized carbons (Fsp3) is 0.667. The lowest BCUT2D eigenvalue weighted by molar-refractivity contribution is 0.127. The van der Waals surface area contributed by atoms with E-state index in [2.05, 4.69) is 11.9 Å². The minimum Gasteiger partial charge on any atom is -0.377 e. The molecular weight excluding hydrogens is 216 g/mol. The summed E-state index contributed by atoms with van der Waals surface area (Å²) in [5, 5.41) is 1.30. The Kier molecular flexibility index (Phi) is 3.30. The lowest BCUT2D eigenvalue weighted by atomic mass is 10.3. The van der Waals surface area contributed by atoms with Crippen LogP contribution in [-0.4, -0.2) is 22.9 Å². The summed E-state index contributed by atoms with van der Waals surface area (Å²) in [4.78, 5) is 5.29. The van der Waals surface area contributed by atoms with Gasteiger partial charge in [0.1, 0.15) is 0 Å². The lowest BCUT2D eigenvalue weighted by Crippen LogP contribution is -2.13. The van der Waals surface area contributed by atoms with E-state index >= 15 is 0 Å². The van der Waals surface area contributed by atoms with Crippen molar-refractivity contribution in [3.05, 3.63) is 11.1 Å². The van der Waals surface area contributed by atoms with E-state index in [0.717, 1.165) is 12.4 Å². The standard InChI is InChI=1S/C9H14N2OS2/c1-6-8(2-3-12-6)13-5-7-4-11-9(10)14-7/h4,6,8H,2-3,5H2,1H3,(H2,10,11). The molecule has 14 heavy (non-hydrogen) atoms. The van der Waals surface area contributed by atoms with Gasteiger partial charge in [-0.3, -0.25) is 0 Å². The van der Waals surface area contributed by atoms with E-state index in [1.54, 1.807) is 11.3 Å². The van der Waals surface area contributed by atoms with Crippen molar-refractivity contribution in [3.63, 3.8) is 0 Å². The lowest BCUT2D eigenvalue weighted by Gasteiger charge is -2.12. The molecule has 2 heterocycles. The van der Waals surface area contributed by atoms with Crippen molar-refractivity contribution < 1.29 is 4.74 Å². The largest absolute Gasteiger partial charge is 0.377 e. The minimum atomic E-state index is 0.394. The molecule has 1 aliphatic rings. The second kappa shape index (κ2) is 4.51. The number of nitrogens with two attached hydrogens (primary N) is 1. The normalized spacial score (nSPS) is 26.9. The molecule has 1 aromatic heterocycles. The summed E-state index contributed by atoms with van der Waals surface area (Å²) >= 11 is 3.53. The Bertz CT molecular complexity index is 303. The molecule has 0 aliphatic carbocycles. The molecule has 1 aliphatic heterocycles. The Morgan fingerprint density at radius 2 is 2.64 bits per heavy atom. The second-order valence-electron chi connectivity index (χ2n) is 3.38. The third kappa shape index (κ3) is 2.40. The number of thiazole rings is 1. The first kappa shape index (κ1) is 10.3. The van der Waals surface area contributed by atoms with Crippen LogP contribution in [0.2, 0.25) is 0 Å². The molecule has 1 fully saturated rings. The maximum atomic E-state index is 5.56. The van der Waals surface area contributed by atoms with Gasteiger partial charge in [0.15, 0.2) is 5.13 Å². The first-order valence-electron chi connectivity index (χ1n) is 4.69. The second-order valence-corrected chi connectivity index (χ2v) is 5.75. The van der Waals surface area contributed by atoms with Crippen LogP contribution < -0.4 is 5.73 Å². The topological polar surface area (TPSA) is 48.1 Å². The first-order chi connectivity index (χ1) is 6.75. The molecule has 0 spiro atoms. The van der Waals surface area contributed by atoms with Crippen molar-refractivity contribution in [1.29, 1.82) is 0 Å². The highest BCUT2D eigenvalue weighted by Gasteiger charge is 2.24. The summed E-state index contributed by atoms with van der Waals surface area (Å²) in [6.45, 7) is 3.05. The van der Waals surface area contributed by atoms with Crippen LogP contribution in [0.4, 0.5) is 5.13 Å². The third-order valence-electron chi connectivity index (χ3n) is 2.32. The Morgan fingerprint density at radius 3 is 3.21 bits per heavy atom. The molecule has 2 unspecified atom stereocenters. The average Bonchev–Trinajstić information content (AvgIpc) is 2.72. The maximum absolute atomic E-state index is 5.56. The van der Waals surface area contributed by atoms with Gasteiger partial charge in [0.05, 0.1) is 6.10 Å². The van der Waals surface area contributed by atoms with Crippen LogP contribution >= 0.6 is 23.1 Å². The third-order valence-corrected chi connectivity index (χ3v) is 4.85. The number of hydrogen-bond acceptors (Lipinski definition) is 5. The molecule has 1 saturated heterocycles. The molecule has 0 bridgehead atoms. The van der Waals surface area contributed by atoms with E-state index in [1.165, 1.54) is 11.3 Å². The summed E-state index contributed by atoms with van der Waals surface area (Å²) in [6.07, 6.45) is 3.43. The summed E-state index contributed by atoms with van der Waals surface area (Å²) < 4.78 is 5.50. The van der Waals surface area contributed by atoms with Crippen molar-refractivity contribution in [2.24, 2.45) is 0 Å². The predicted molar refractivity (Wildman–Crippen MR) is 61.6 cm³/mol. The molecule has 3 nitrogen and oxygen atoms in total. The molecule has 0 saturated carbocycles. The number of nitrogen functional groups attached to an aromatic ring is 1. The zero-order valence-electron chi connectivity index (χ0n) is 8.10. The number of anilines is 1. The Morgan fingerprint density at radius 1 is 1.79 bits per heavy atom. The van der Waals surface area contributed by atoms with Gasteiger partial charge in [-0.25, -0.2) is 4.98 Å². The van der Waals surface area contributed by atoms with E-state index in [4.69, 9.17) is 10.5 Å². The molecule has 0 radical (unpaired) electrons. The molecule has 78 valence electrons. The Labute approximate surface area is 92.1 Å². The van der Waals surface area contributed by atoms with Crippen LogP contribution in [0, 0.1) is 0 Å². The number of hydrogen-bond donors (Lipinski definition) is 1. The highest BCUT2D eigenvalue weighted by molar-refractivity contribution is 7.99. The predicted octanol–water partition coefficient (Wildman–Crippen LogP) is 2.14. The van der Waals surface area contributed by atoms with Gasteiger partial charge in [0, 0.05) is 28.7 Å². The van der Waals surface area contributed by atoms with Crippen LogP contribution in [-0.2, 0) is 10.5 Å². The van der Waals surface area contributed by atoms with E-state index in [1.807, 2.05) is 18.0 Å². The van der Waals surface area contributed by atoms with Crippen molar-refractivity contribution >= 4 is 28.2 Å². The van der Waals surface area contributed by atoms with Crippen molar-refractivity contribution in [2.75, 3.05) is 12.3 Å². The van der Waals surface area contributed by atoms with Crippen LogP contribution in [0.25, 0.3) is 0 Å². The quantitative estimate of drug-likeness (QED) is 0.864. The summed E-state index contributed by atoms with van der Waals surface area (Å²) in [6, 6.07) is 0. The first-order valence-corrected chi connectivity index (χ1v) is 6.55. The van der Waals surface area contributed by atoms with Crippen molar-refractivity contribution in [3.8, 4) is 0 Å². The number of ether oxygens (including phenoxy) is 1. The minimum absolute atomic E-state index is 0.394. The molecule has 2 atom stereocenters. The summed E-state index contributed by atoms with van der Waals surface area (Å²) in [5.41, 5.74) is 5.56. The van der Waals surface area contributed by atoms with Gasteiger partial charge in [0.2, 0.25) is 0 Å². The van der Waals surface area contributed by atoms with Gasteiger partial charge < -0.3 is 10.5 Å². The Balaban J connectivity index is 1.82. The van der Waals surface area contributed by atoms with Crippen molar-refractivity contribution in [1.82, 2.24) is 4.98 Å². The smallest absolute Gasteiger partial charge is 0.180 e. The van der Waals surface area contributed by atoms with E-state index in [0.29, 0.717) is 16.5 Å². The maximum Gasteiger partial charge on any atom is 0.180 e. The highest BCUT2D eigenvalue weighted by atomic mass is 32.2. The SMILES string of the molecule is CC1OCCC1SCc1cnc(N)s1. The number of nitrogens with zero attached hydrogens (tertiary/aromatic N) is 1. The van der Waals surface area contributed by atoms with Gasteiger partial charge >= 0.3 is 0 Å². The number of aromatic nitrogens is 1. The molecule has 1 aromatic rings. The zero-order chi connectivity index (χ0) is 9.97. The van der Waals surface area contributed by atoms with Crippen LogP contribution in [0.1, 0.15) is 18.2 Å². The van der Waals surface area contributed by atoms with E-state index in [9.17, 15) is 0 Å². The monoisotopic (exact) mass is 230 g/mol. The molecule has 0 amide bonds. The van der Waals surface area contributed by atoms with E-state index in [-0.39, 0.29) is 0 Å². The fourth-order valence-electron chi connectivity index (χ4n) is 1.51. The van der Waals surface area contributed by atoms with Gasteiger partial charge in [-0.05, 0) is 13.3 Å². The van der Waals surface area contributed by atoms with Gasteiger partial charge in [-0.2, -0.15) is 11.8 Å². The highest BCUT2D eigenvalue weighted by Crippen LogP contribution is 2.30. The van der Waals surface area contributed by atoms with Gasteiger partial charge in [0.25, 0.3) is 0 Å². The summed E-state index contributed by atoms with van der Waals surface area (Å²) in [5.74, 6) is 1.01. The van der Waals surface area contributed by atoms with Crippen LogP contribution in [0.3, 0.4) is 0 Å². The molecule has 2 N–H and O–H groups in total. The molecular formula is C9H14N2OS2. The van der Waals surface area contributed by atoms with E-state index < -0.39 is 0 Å². The molecule has 0 aromatic carbocycles. The average molecular weight is 230 g/mol. The summed E-state index contributed by atoms with van der Waals surface area (Å²) in [7, 11) is 0. The molecule has 2 rings (SSSR count). The van der Waals surface area contributed by atoms with Crippen molar-refractivity contribution in [2.45, 2.75) is 30.5 Å². The molecule has 5 heteroatoms. The van der Waals surface area contributed by atoms with Crippen LogP contribution in [0.15, 0.2) is 6.20 Å². The fourth-order valence-corrected chi connectivity index (χ4v) is 3.49. The van der Waals surface area contributed by atoms with Gasteiger partial charge in [-0.1, -0.05) is 0 Å². The Hall–Kier alpha value is -0.260. The number of thioether (sulfide) groups is 1. The van der Waals surface area contributed by atoms with Gasteiger partial charge in [-0.15, -0.1) is 11.3 Å². The number of rotatable bonds is 3. The van der Waals surface area contributed by atoms with Crippen LogP contribution in [0.5, 0.6) is 0 Å². The zero-order valence-corrected chi connectivity index (χ0v) is 9.74.